The SMILES string of the molecule is CC(C)n1cc([C@H](Sc2cc(Cl)cc(Cl)c2)c2ccncc2F)c(CO)n1. The summed E-state index contributed by atoms with van der Waals surface area (Å²) in [6, 6.07) is 6.93. The highest BCUT2D eigenvalue weighted by Crippen LogP contribution is 2.43. The van der Waals surface area contributed by atoms with Crippen LogP contribution in [0.15, 0.2) is 47.8 Å². The second-order valence-corrected chi connectivity index (χ2v) is 8.31. The summed E-state index contributed by atoms with van der Waals surface area (Å²) < 4.78 is 16.3. The third-order valence-electron chi connectivity index (χ3n) is 3.98. The molecule has 8 heteroatoms. The quantitative estimate of drug-likeness (QED) is 0.516. The second-order valence-electron chi connectivity index (χ2n) is 6.26. The lowest BCUT2D eigenvalue weighted by molar-refractivity contribution is 0.273. The summed E-state index contributed by atoms with van der Waals surface area (Å²) >= 11 is 13.6. The minimum atomic E-state index is -0.447. The average molecular weight is 426 g/mol. The van der Waals surface area contributed by atoms with Gasteiger partial charge in [-0.3, -0.25) is 9.67 Å². The van der Waals surface area contributed by atoms with Gasteiger partial charge in [0.2, 0.25) is 0 Å². The first-order valence-electron chi connectivity index (χ1n) is 8.30. The Kier molecular flexibility index (Phi) is 6.42. The van der Waals surface area contributed by atoms with Gasteiger partial charge in [-0.1, -0.05) is 23.2 Å². The Balaban J connectivity index is 2.12. The van der Waals surface area contributed by atoms with Crippen molar-refractivity contribution in [3.8, 4) is 0 Å². The minimum absolute atomic E-state index is 0.109. The Morgan fingerprint density at radius 1 is 1.19 bits per heavy atom. The molecular formula is C19H18Cl2FN3OS. The fourth-order valence-corrected chi connectivity index (χ4v) is 4.63. The maximum atomic E-state index is 14.6. The topological polar surface area (TPSA) is 50.9 Å². The lowest BCUT2D eigenvalue weighted by Crippen LogP contribution is -2.03. The highest BCUT2D eigenvalue weighted by Gasteiger charge is 2.25. The summed E-state index contributed by atoms with van der Waals surface area (Å²) in [4.78, 5) is 4.62. The predicted molar refractivity (Wildman–Crippen MR) is 107 cm³/mol. The number of halogens is 3. The van der Waals surface area contributed by atoms with E-state index in [4.69, 9.17) is 23.2 Å². The van der Waals surface area contributed by atoms with Crippen LogP contribution in [0, 0.1) is 5.82 Å². The van der Waals surface area contributed by atoms with Gasteiger partial charge in [-0.25, -0.2) is 4.39 Å². The van der Waals surface area contributed by atoms with Crippen LogP contribution < -0.4 is 0 Å². The standard InChI is InChI=1S/C19H18Cl2FN3OS/c1-11(2)25-9-16(18(10-26)24-25)19(15-3-4-23-8-17(15)22)27-14-6-12(20)5-13(21)7-14/h3-9,11,19,26H,10H2,1-2H3/t19-/m1/s1. The molecule has 3 rings (SSSR count). The third kappa shape index (κ3) is 4.63. The Bertz CT molecular complexity index is 928. The number of rotatable bonds is 6. The number of aliphatic hydroxyl groups excluding tert-OH is 1. The molecule has 0 aliphatic heterocycles. The van der Waals surface area contributed by atoms with E-state index in [9.17, 15) is 9.50 Å². The number of aliphatic hydroxyl groups is 1. The van der Waals surface area contributed by atoms with Gasteiger partial charge in [0.1, 0.15) is 5.82 Å². The van der Waals surface area contributed by atoms with Gasteiger partial charge in [0.05, 0.1) is 23.7 Å². The molecule has 0 saturated carbocycles. The first-order chi connectivity index (χ1) is 12.9. The van der Waals surface area contributed by atoms with E-state index in [1.54, 1.807) is 35.1 Å². The minimum Gasteiger partial charge on any atom is -0.390 e. The van der Waals surface area contributed by atoms with Gasteiger partial charge in [-0.15, -0.1) is 11.8 Å². The maximum absolute atomic E-state index is 14.6. The first kappa shape index (κ1) is 20.1. The fourth-order valence-electron chi connectivity index (χ4n) is 2.68. The molecule has 0 amide bonds. The summed E-state index contributed by atoms with van der Waals surface area (Å²) in [5.74, 6) is -0.427. The molecule has 0 fully saturated rings. The van der Waals surface area contributed by atoms with Gasteiger partial charge in [0, 0.05) is 44.5 Å². The first-order valence-corrected chi connectivity index (χ1v) is 9.93. The van der Waals surface area contributed by atoms with Crippen molar-refractivity contribution < 1.29 is 9.50 Å². The van der Waals surface area contributed by atoms with Crippen LogP contribution in [0.3, 0.4) is 0 Å². The molecule has 142 valence electrons. The van der Waals surface area contributed by atoms with Crippen LogP contribution in [0.4, 0.5) is 4.39 Å². The second kappa shape index (κ2) is 8.61. The maximum Gasteiger partial charge on any atom is 0.146 e. The molecule has 0 spiro atoms. The zero-order chi connectivity index (χ0) is 19.6. The lowest BCUT2D eigenvalue weighted by Gasteiger charge is -2.18. The number of thioether (sulfide) groups is 1. The average Bonchev–Trinajstić information content (AvgIpc) is 3.04. The normalized spacial score (nSPS) is 12.6. The van der Waals surface area contributed by atoms with Crippen LogP contribution in [0.5, 0.6) is 0 Å². The van der Waals surface area contributed by atoms with E-state index in [0.29, 0.717) is 21.3 Å². The smallest absolute Gasteiger partial charge is 0.146 e. The zero-order valence-corrected chi connectivity index (χ0v) is 17.1. The van der Waals surface area contributed by atoms with E-state index in [-0.39, 0.29) is 12.6 Å². The van der Waals surface area contributed by atoms with Crippen LogP contribution >= 0.6 is 35.0 Å². The van der Waals surface area contributed by atoms with E-state index in [1.807, 2.05) is 20.0 Å². The van der Waals surface area contributed by atoms with Gasteiger partial charge in [0.25, 0.3) is 0 Å². The molecule has 1 N–H and O–H groups in total. The molecule has 1 aromatic carbocycles. The predicted octanol–water partition coefficient (Wildman–Crippen LogP) is 5.68. The number of aromatic nitrogens is 3. The van der Waals surface area contributed by atoms with E-state index >= 15 is 0 Å². The Labute approximate surface area is 171 Å². The molecule has 0 saturated heterocycles. The van der Waals surface area contributed by atoms with Crippen molar-refractivity contribution in [2.75, 3.05) is 0 Å². The number of benzene rings is 1. The lowest BCUT2D eigenvalue weighted by atomic mass is 10.1. The van der Waals surface area contributed by atoms with Crippen molar-refractivity contribution in [2.45, 2.75) is 36.6 Å². The van der Waals surface area contributed by atoms with Crippen molar-refractivity contribution >= 4 is 35.0 Å². The summed E-state index contributed by atoms with van der Waals surface area (Å²) in [7, 11) is 0. The van der Waals surface area contributed by atoms with E-state index < -0.39 is 11.1 Å². The molecule has 0 aliphatic rings. The zero-order valence-electron chi connectivity index (χ0n) is 14.7. The van der Waals surface area contributed by atoms with Gasteiger partial charge < -0.3 is 5.11 Å². The molecule has 2 aromatic heterocycles. The van der Waals surface area contributed by atoms with Gasteiger partial charge in [0.15, 0.2) is 0 Å². The number of hydrogen-bond acceptors (Lipinski definition) is 4. The van der Waals surface area contributed by atoms with Crippen molar-refractivity contribution in [3.63, 3.8) is 0 Å². The van der Waals surface area contributed by atoms with Crippen LogP contribution in [-0.4, -0.2) is 19.9 Å². The summed E-state index contributed by atoms with van der Waals surface area (Å²) in [6.45, 7) is 3.74. The number of pyridine rings is 1. The van der Waals surface area contributed by atoms with Gasteiger partial charge >= 0.3 is 0 Å². The summed E-state index contributed by atoms with van der Waals surface area (Å²) in [5.41, 5.74) is 1.69. The van der Waals surface area contributed by atoms with E-state index in [1.165, 1.54) is 18.0 Å². The highest BCUT2D eigenvalue weighted by molar-refractivity contribution is 7.99. The number of hydrogen-bond donors (Lipinski definition) is 1. The molecule has 0 bridgehead atoms. The van der Waals surface area contributed by atoms with Crippen LogP contribution in [0.2, 0.25) is 10.0 Å². The molecule has 2 heterocycles. The molecular weight excluding hydrogens is 408 g/mol. The molecule has 0 aliphatic carbocycles. The van der Waals surface area contributed by atoms with Crippen molar-refractivity contribution in [1.29, 1.82) is 0 Å². The van der Waals surface area contributed by atoms with E-state index in [0.717, 1.165) is 10.5 Å². The van der Waals surface area contributed by atoms with Gasteiger partial charge in [-0.05, 0) is 38.1 Å². The van der Waals surface area contributed by atoms with Gasteiger partial charge in [-0.2, -0.15) is 5.10 Å². The van der Waals surface area contributed by atoms with Crippen LogP contribution in [0.1, 0.15) is 42.0 Å². The number of nitrogens with zero attached hydrogens (tertiary/aromatic N) is 3. The van der Waals surface area contributed by atoms with Crippen molar-refractivity contribution in [3.05, 3.63) is 75.5 Å². The Hall–Kier alpha value is -1.60. The summed E-state index contributed by atoms with van der Waals surface area (Å²) in [6.07, 6.45) is 4.57. The molecule has 0 radical (unpaired) electrons. The van der Waals surface area contributed by atoms with Crippen molar-refractivity contribution in [2.24, 2.45) is 0 Å². The Morgan fingerprint density at radius 2 is 1.89 bits per heavy atom. The molecule has 3 aromatic rings. The Morgan fingerprint density at radius 3 is 2.48 bits per heavy atom. The monoisotopic (exact) mass is 425 g/mol. The molecule has 0 unspecified atom stereocenters. The largest absolute Gasteiger partial charge is 0.390 e. The third-order valence-corrected chi connectivity index (χ3v) is 5.67. The fraction of sp³-hybridized carbons (Fsp3) is 0.263. The van der Waals surface area contributed by atoms with Crippen molar-refractivity contribution in [1.82, 2.24) is 14.8 Å². The van der Waals surface area contributed by atoms with Crippen LogP contribution in [-0.2, 0) is 6.61 Å². The van der Waals surface area contributed by atoms with E-state index in [2.05, 4.69) is 10.1 Å². The highest BCUT2D eigenvalue weighted by atomic mass is 35.5. The molecule has 4 nitrogen and oxygen atoms in total. The van der Waals surface area contributed by atoms with Crippen LogP contribution in [0.25, 0.3) is 0 Å². The molecule has 27 heavy (non-hydrogen) atoms. The summed E-state index contributed by atoms with van der Waals surface area (Å²) in [5, 5.41) is 14.8. The molecule has 1 atom stereocenters.